The van der Waals surface area contributed by atoms with Crippen molar-refractivity contribution in [3.8, 4) is 5.75 Å². The second kappa shape index (κ2) is 7.66. The molecule has 0 aliphatic carbocycles. The van der Waals surface area contributed by atoms with Gasteiger partial charge in [0.1, 0.15) is 11.4 Å². The molecule has 0 spiro atoms. The highest BCUT2D eigenvalue weighted by Gasteiger charge is 2.38. The van der Waals surface area contributed by atoms with Gasteiger partial charge in [0.15, 0.2) is 0 Å². The van der Waals surface area contributed by atoms with Crippen LogP contribution in [0.4, 0.5) is 5.69 Å². The zero-order chi connectivity index (χ0) is 19.6. The van der Waals surface area contributed by atoms with Gasteiger partial charge in [-0.2, -0.15) is 0 Å². The molecule has 5 nitrogen and oxygen atoms in total. The Bertz CT molecular complexity index is 893. The molecule has 1 heterocycles. The van der Waals surface area contributed by atoms with Crippen LogP contribution in [0.3, 0.4) is 0 Å². The average molecular weight is 364 g/mol. The van der Waals surface area contributed by atoms with Gasteiger partial charge in [-0.3, -0.25) is 14.5 Å². The van der Waals surface area contributed by atoms with Crippen LogP contribution in [0.5, 0.6) is 5.75 Å². The van der Waals surface area contributed by atoms with E-state index in [1.54, 1.807) is 6.92 Å². The van der Waals surface area contributed by atoms with Gasteiger partial charge in [0, 0.05) is 12.2 Å². The summed E-state index contributed by atoms with van der Waals surface area (Å²) < 4.78 is 5.47. The zero-order valence-electron chi connectivity index (χ0n) is 16.1. The third kappa shape index (κ3) is 3.72. The number of nitrogens with one attached hydrogen (secondary N) is 1. The molecule has 2 aromatic carbocycles. The van der Waals surface area contributed by atoms with E-state index in [2.05, 4.69) is 11.4 Å². The van der Waals surface area contributed by atoms with Crippen molar-refractivity contribution >= 4 is 23.1 Å². The van der Waals surface area contributed by atoms with Gasteiger partial charge >= 0.3 is 0 Å². The van der Waals surface area contributed by atoms with E-state index < -0.39 is 0 Å². The molecule has 2 amide bonds. The van der Waals surface area contributed by atoms with E-state index >= 15 is 0 Å². The molecule has 1 N–H and O–H groups in total. The quantitative estimate of drug-likeness (QED) is 0.790. The summed E-state index contributed by atoms with van der Waals surface area (Å²) in [5.74, 6) is 0.152. The highest BCUT2D eigenvalue weighted by molar-refractivity contribution is 6.36. The fraction of sp³-hybridized carbons (Fsp3) is 0.273. The van der Waals surface area contributed by atoms with Crippen LogP contribution in [0.2, 0.25) is 0 Å². The predicted octanol–water partition coefficient (Wildman–Crippen LogP) is 3.91. The van der Waals surface area contributed by atoms with Crippen molar-refractivity contribution < 1.29 is 14.3 Å². The molecule has 0 atom stereocenters. The summed E-state index contributed by atoms with van der Waals surface area (Å²) in [5, 5.41) is 3.19. The molecule has 3 rings (SSSR count). The maximum atomic E-state index is 12.9. The Labute approximate surface area is 159 Å². The second-order valence-electron chi connectivity index (χ2n) is 6.56. The largest absolute Gasteiger partial charge is 0.494 e. The summed E-state index contributed by atoms with van der Waals surface area (Å²) in [7, 11) is 0. The Kier molecular flexibility index (Phi) is 5.31. The molecule has 140 valence electrons. The standard InChI is InChI=1S/C22H24N2O3/c1-5-24-21(25)19(16-7-9-18(10-8-16)27-6-2)20(22(24)26)23-17-12-14(3)11-15(4)13-17/h7-13,23H,5-6H2,1-4H3. The van der Waals surface area contributed by atoms with Gasteiger partial charge in [0.05, 0.1) is 12.2 Å². The Hall–Kier alpha value is -3.08. The van der Waals surface area contributed by atoms with E-state index in [1.165, 1.54) is 4.90 Å². The van der Waals surface area contributed by atoms with Crippen LogP contribution >= 0.6 is 0 Å². The van der Waals surface area contributed by atoms with Crippen molar-refractivity contribution in [1.29, 1.82) is 0 Å². The number of ether oxygens (including phenoxy) is 1. The first kappa shape index (κ1) is 18.7. The topological polar surface area (TPSA) is 58.6 Å². The number of aryl methyl sites for hydroxylation is 2. The number of hydrogen-bond acceptors (Lipinski definition) is 4. The minimum atomic E-state index is -0.300. The van der Waals surface area contributed by atoms with Crippen LogP contribution in [-0.2, 0) is 9.59 Å². The van der Waals surface area contributed by atoms with Gasteiger partial charge in [-0.25, -0.2) is 0 Å². The minimum absolute atomic E-state index is 0.279. The lowest BCUT2D eigenvalue weighted by atomic mass is 10.0. The molecule has 0 radical (unpaired) electrons. The van der Waals surface area contributed by atoms with E-state index in [-0.39, 0.29) is 11.8 Å². The Morgan fingerprint density at radius 2 is 1.56 bits per heavy atom. The number of likely N-dealkylation sites (N-methyl/N-ethyl adjacent to an activating group) is 1. The Balaban J connectivity index is 2.05. The first-order chi connectivity index (χ1) is 12.9. The van der Waals surface area contributed by atoms with Crippen LogP contribution in [0.25, 0.3) is 5.57 Å². The molecule has 27 heavy (non-hydrogen) atoms. The normalized spacial score (nSPS) is 14.1. The lowest BCUT2D eigenvalue weighted by Crippen LogP contribution is -2.32. The Morgan fingerprint density at radius 1 is 0.926 bits per heavy atom. The van der Waals surface area contributed by atoms with Crippen LogP contribution in [-0.4, -0.2) is 29.9 Å². The van der Waals surface area contributed by atoms with E-state index in [0.29, 0.717) is 30.0 Å². The van der Waals surface area contributed by atoms with Crippen LogP contribution < -0.4 is 10.1 Å². The highest BCUT2D eigenvalue weighted by Crippen LogP contribution is 2.31. The number of anilines is 1. The zero-order valence-corrected chi connectivity index (χ0v) is 16.1. The van der Waals surface area contributed by atoms with E-state index in [0.717, 1.165) is 22.6 Å². The third-order valence-corrected chi connectivity index (χ3v) is 4.43. The smallest absolute Gasteiger partial charge is 0.278 e. The monoisotopic (exact) mass is 364 g/mol. The molecule has 0 aromatic heterocycles. The van der Waals surface area contributed by atoms with Crippen molar-refractivity contribution in [2.24, 2.45) is 0 Å². The third-order valence-electron chi connectivity index (χ3n) is 4.43. The number of imide groups is 1. The van der Waals surface area contributed by atoms with Gasteiger partial charge in [0.2, 0.25) is 0 Å². The number of carbonyl (C=O) groups is 2. The molecule has 1 aliphatic rings. The summed E-state index contributed by atoms with van der Waals surface area (Å²) in [5.41, 5.74) is 4.37. The molecule has 2 aromatic rings. The summed E-state index contributed by atoms with van der Waals surface area (Å²) in [6.07, 6.45) is 0. The molecular weight excluding hydrogens is 340 g/mol. The number of nitrogens with zero attached hydrogens (tertiary/aromatic N) is 1. The number of hydrogen-bond donors (Lipinski definition) is 1. The first-order valence-electron chi connectivity index (χ1n) is 9.13. The molecule has 0 bridgehead atoms. The maximum absolute atomic E-state index is 12.9. The predicted molar refractivity (Wildman–Crippen MR) is 106 cm³/mol. The molecule has 0 fully saturated rings. The highest BCUT2D eigenvalue weighted by atomic mass is 16.5. The maximum Gasteiger partial charge on any atom is 0.278 e. The van der Waals surface area contributed by atoms with Crippen molar-refractivity contribution in [2.45, 2.75) is 27.7 Å². The number of carbonyl (C=O) groups excluding carboxylic acids is 2. The number of amides is 2. The lowest BCUT2D eigenvalue weighted by Gasteiger charge is -2.12. The van der Waals surface area contributed by atoms with Crippen LogP contribution in [0, 0.1) is 13.8 Å². The van der Waals surface area contributed by atoms with E-state index in [4.69, 9.17) is 4.74 Å². The van der Waals surface area contributed by atoms with Gasteiger partial charge in [-0.1, -0.05) is 18.2 Å². The molecule has 5 heteroatoms. The first-order valence-corrected chi connectivity index (χ1v) is 9.13. The van der Waals surface area contributed by atoms with Gasteiger partial charge in [-0.15, -0.1) is 0 Å². The van der Waals surface area contributed by atoms with Crippen molar-refractivity contribution in [2.75, 3.05) is 18.5 Å². The van der Waals surface area contributed by atoms with Gasteiger partial charge in [0.25, 0.3) is 11.8 Å². The van der Waals surface area contributed by atoms with Crippen LogP contribution in [0.1, 0.15) is 30.5 Å². The summed E-state index contributed by atoms with van der Waals surface area (Å²) in [6, 6.07) is 13.2. The lowest BCUT2D eigenvalue weighted by molar-refractivity contribution is -0.136. The van der Waals surface area contributed by atoms with Gasteiger partial charge in [-0.05, 0) is 68.7 Å². The number of benzene rings is 2. The fourth-order valence-electron chi connectivity index (χ4n) is 3.32. The average Bonchev–Trinajstić information content (AvgIpc) is 2.85. The summed E-state index contributed by atoms with van der Waals surface area (Å²) in [4.78, 5) is 27.0. The molecule has 1 aliphatic heterocycles. The minimum Gasteiger partial charge on any atom is -0.494 e. The molecule has 0 saturated heterocycles. The van der Waals surface area contributed by atoms with Crippen molar-refractivity contribution in [3.63, 3.8) is 0 Å². The SMILES string of the molecule is CCOc1ccc(C2=C(Nc3cc(C)cc(C)c3)C(=O)N(CC)C2=O)cc1. The number of rotatable bonds is 6. The van der Waals surface area contributed by atoms with Crippen LogP contribution in [0.15, 0.2) is 48.2 Å². The molecule has 0 unspecified atom stereocenters. The summed E-state index contributed by atoms with van der Waals surface area (Å²) in [6.45, 7) is 8.62. The van der Waals surface area contributed by atoms with Crippen molar-refractivity contribution in [3.05, 3.63) is 64.9 Å². The fourth-order valence-corrected chi connectivity index (χ4v) is 3.32. The summed E-state index contributed by atoms with van der Waals surface area (Å²) >= 11 is 0. The molecule has 0 saturated carbocycles. The van der Waals surface area contributed by atoms with Gasteiger partial charge < -0.3 is 10.1 Å². The van der Waals surface area contributed by atoms with E-state index in [9.17, 15) is 9.59 Å². The molecular formula is C22H24N2O3. The second-order valence-corrected chi connectivity index (χ2v) is 6.56. The Morgan fingerprint density at radius 3 is 2.11 bits per heavy atom. The van der Waals surface area contributed by atoms with E-state index in [1.807, 2.05) is 57.2 Å². The van der Waals surface area contributed by atoms with Crippen molar-refractivity contribution in [1.82, 2.24) is 4.90 Å².